The van der Waals surface area contributed by atoms with Gasteiger partial charge >= 0.3 is 0 Å². The molecular weight excluding hydrogens is 166 g/mol. The summed E-state index contributed by atoms with van der Waals surface area (Å²) in [5.41, 5.74) is 1.52. The molecule has 1 aliphatic rings. The molecule has 2 rings (SSSR count). The van der Waals surface area contributed by atoms with Crippen molar-refractivity contribution in [2.75, 3.05) is 30.4 Å². The Kier molecular flexibility index (Phi) is 1.84. The molecule has 68 valence electrons. The zero-order valence-electron chi connectivity index (χ0n) is 7.41. The Morgan fingerprint density at radius 1 is 1.62 bits per heavy atom. The van der Waals surface area contributed by atoms with Gasteiger partial charge in [-0.3, -0.25) is 0 Å². The van der Waals surface area contributed by atoms with Gasteiger partial charge in [-0.05, 0) is 0 Å². The van der Waals surface area contributed by atoms with Gasteiger partial charge in [0, 0.05) is 26.4 Å². The van der Waals surface area contributed by atoms with Crippen LogP contribution in [0.1, 0.15) is 5.69 Å². The highest BCUT2D eigenvalue weighted by atomic mass is 15.2. The van der Waals surface area contributed by atoms with Gasteiger partial charge < -0.3 is 15.6 Å². The van der Waals surface area contributed by atoms with Crippen LogP contribution in [-0.2, 0) is 0 Å². The van der Waals surface area contributed by atoms with Gasteiger partial charge in [0.1, 0.15) is 17.7 Å². The van der Waals surface area contributed by atoms with Crippen molar-refractivity contribution >= 4 is 17.7 Å². The minimum atomic E-state index is 0.650. The van der Waals surface area contributed by atoms with Crippen LogP contribution < -0.4 is 10.2 Å². The molecule has 0 unspecified atom stereocenters. The predicted molar refractivity (Wildman–Crippen MR) is 51.7 cm³/mol. The highest BCUT2D eigenvalue weighted by molar-refractivity contribution is 5.88. The van der Waals surface area contributed by atoms with Crippen molar-refractivity contribution in [1.29, 1.82) is 5.41 Å². The number of hydrogen-bond acceptors (Lipinski definition) is 5. The van der Waals surface area contributed by atoms with E-state index in [0.717, 1.165) is 24.6 Å². The maximum Gasteiger partial charge on any atom is 0.155 e. The minimum Gasteiger partial charge on any atom is -0.378 e. The summed E-state index contributed by atoms with van der Waals surface area (Å²) < 4.78 is 0. The van der Waals surface area contributed by atoms with Crippen molar-refractivity contribution in [1.82, 2.24) is 9.97 Å². The monoisotopic (exact) mass is 177 g/mol. The van der Waals surface area contributed by atoms with Gasteiger partial charge in [-0.15, -0.1) is 0 Å². The summed E-state index contributed by atoms with van der Waals surface area (Å²) in [4.78, 5) is 10.2. The van der Waals surface area contributed by atoms with Crippen LogP contribution in [0.15, 0.2) is 6.33 Å². The molecule has 0 spiro atoms. The number of fused-ring (bicyclic) bond motifs is 1. The maximum absolute atomic E-state index is 7.18. The number of nitrogens with one attached hydrogen (secondary N) is 2. The Balaban J connectivity index is 2.54. The second-order valence-corrected chi connectivity index (χ2v) is 2.95. The average Bonchev–Trinajstić information content (AvgIpc) is 2.18. The molecule has 0 fully saturated rings. The largest absolute Gasteiger partial charge is 0.378 e. The van der Waals surface area contributed by atoms with Gasteiger partial charge in [0.15, 0.2) is 5.82 Å². The van der Waals surface area contributed by atoms with Crippen molar-refractivity contribution in [3.63, 3.8) is 0 Å². The molecular formula is C8H11N5. The molecule has 0 aliphatic carbocycles. The van der Waals surface area contributed by atoms with E-state index in [9.17, 15) is 0 Å². The van der Waals surface area contributed by atoms with Gasteiger partial charge in [0.2, 0.25) is 0 Å². The van der Waals surface area contributed by atoms with E-state index in [4.69, 9.17) is 5.41 Å². The molecule has 1 aromatic heterocycles. The molecule has 1 aromatic rings. The van der Waals surface area contributed by atoms with Gasteiger partial charge in [-0.25, -0.2) is 9.97 Å². The summed E-state index contributed by atoms with van der Waals surface area (Å²) in [5.74, 6) is 0.875. The van der Waals surface area contributed by atoms with E-state index in [1.54, 1.807) is 0 Å². The number of aromatic nitrogens is 2. The lowest BCUT2D eigenvalue weighted by molar-refractivity contribution is 0.855. The lowest BCUT2D eigenvalue weighted by atomic mass is 10.2. The van der Waals surface area contributed by atoms with E-state index >= 15 is 0 Å². The molecule has 0 aromatic carbocycles. The SMILES string of the molecule is CN1CCNc2c(C=N)ncnc21. The van der Waals surface area contributed by atoms with Gasteiger partial charge in [-0.1, -0.05) is 0 Å². The first kappa shape index (κ1) is 7.97. The number of rotatable bonds is 1. The van der Waals surface area contributed by atoms with Crippen LogP contribution in [0.4, 0.5) is 11.5 Å². The summed E-state index contributed by atoms with van der Waals surface area (Å²) in [6.45, 7) is 1.80. The van der Waals surface area contributed by atoms with Crippen molar-refractivity contribution < 1.29 is 0 Å². The molecule has 2 heterocycles. The molecule has 0 saturated heterocycles. The van der Waals surface area contributed by atoms with E-state index in [1.165, 1.54) is 12.5 Å². The molecule has 0 saturated carbocycles. The summed E-state index contributed by atoms with van der Waals surface area (Å²) in [5, 5.41) is 10.4. The Morgan fingerprint density at radius 3 is 3.23 bits per heavy atom. The van der Waals surface area contributed by atoms with E-state index in [0.29, 0.717) is 5.69 Å². The number of anilines is 2. The molecule has 2 N–H and O–H groups in total. The van der Waals surface area contributed by atoms with E-state index in [-0.39, 0.29) is 0 Å². The van der Waals surface area contributed by atoms with Crippen LogP contribution in [0, 0.1) is 5.41 Å². The number of likely N-dealkylation sites (N-methyl/N-ethyl adjacent to an activating group) is 1. The first-order valence-corrected chi connectivity index (χ1v) is 4.13. The lowest BCUT2D eigenvalue weighted by Gasteiger charge is -2.27. The fraction of sp³-hybridized carbons (Fsp3) is 0.375. The van der Waals surface area contributed by atoms with E-state index in [1.807, 2.05) is 7.05 Å². The molecule has 1 aliphatic heterocycles. The van der Waals surface area contributed by atoms with Crippen molar-refractivity contribution in [2.45, 2.75) is 0 Å². The molecule has 13 heavy (non-hydrogen) atoms. The van der Waals surface area contributed by atoms with Crippen LogP contribution in [0.2, 0.25) is 0 Å². The van der Waals surface area contributed by atoms with Crippen molar-refractivity contribution in [2.24, 2.45) is 0 Å². The Hall–Kier alpha value is -1.65. The van der Waals surface area contributed by atoms with Crippen LogP contribution in [-0.4, -0.2) is 36.3 Å². The van der Waals surface area contributed by atoms with Gasteiger partial charge in [0.25, 0.3) is 0 Å². The highest BCUT2D eigenvalue weighted by Gasteiger charge is 2.17. The van der Waals surface area contributed by atoms with Crippen molar-refractivity contribution in [3.05, 3.63) is 12.0 Å². The second-order valence-electron chi connectivity index (χ2n) is 2.95. The number of hydrogen-bond donors (Lipinski definition) is 2. The fourth-order valence-corrected chi connectivity index (χ4v) is 1.41. The molecule has 0 bridgehead atoms. The highest BCUT2D eigenvalue weighted by Crippen LogP contribution is 2.26. The van der Waals surface area contributed by atoms with Gasteiger partial charge in [-0.2, -0.15) is 0 Å². The third-order valence-corrected chi connectivity index (χ3v) is 2.10. The summed E-state index contributed by atoms with van der Waals surface area (Å²) in [6.07, 6.45) is 2.73. The summed E-state index contributed by atoms with van der Waals surface area (Å²) >= 11 is 0. The summed E-state index contributed by atoms with van der Waals surface area (Å²) in [7, 11) is 1.99. The van der Waals surface area contributed by atoms with E-state index < -0.39 is 0 Å². The van der Waals surface area contributed by atoms with Crippen molar-refractivity contribution in [3.8, 4) is 0 Å². The fourth-order valence-electron chi connectivity index (χ4n) is 1.41. The first-order chi connectivity index (χ1) is 6.33. The predicted octanol–water partition coefficient (Wildman–Crippen LogP) is 0.336. The zero-order chi connectivity index (χ0) is 9.26. The maximum atomic E-state index is 7.18. The Morgan fingerprint density at radius 2 is 2.46 bits per heavy atom. The van der Waals surface area contributed by atoms with Crippen LogP contribution in [0.5, 0.6) is 0 Å². The molecule has 5 nitrogen and oxygen atoms in total. The quantitative estimate of drug-likeness (QED) is 0.607. The first-order valence-electron chi connectivity index (χ1n) is 4.13. The molecule has 0 amide bonds. The Bertz CT molecular complexity index is 335. The molecule has 0 radical (unpaired) electrons. The summed E-state index contributed by atoms with van der Waals surface area (Å²) in [6, 6.07) is 0. The van der Waals surface area contributed by atoms with Crippen LogP contribution in [0.25, 0.3) is 0 Å². The smallest absolute Gasteiger partial charge is 0.155 e. The van der Waals surface area contributed by atoms with Gasteiger partial charge in [0.05, 0.1) is 0 Å². The second kappa shape index (κ2) is 3.01. The van der Waals surface area contributed by atoms with Crippen LogP contribution >= 0.6 is 0 Å². The third-order valence-electron chi connectivity index (χ3n) is 2.10. The number of nitrogens with zero attached hydrogens (tertiary/aromatic N) is 3. The zero-order valence-corrected chi connectivity index (χ0v) is 7.41. The Labute approximate surface area is 76.3 Å². The average molecular weight is 177 g/mol. The van der Waals surface area contributed by atoms with E-state index in [2.05, 4.69) is 20.2 Å². The molecule has 5 heteroatoms. The molecule has 0 atom stereocenters. The topological polar surface area (TPSA) is 64.9 Å². The third kappa shape index (κ3) is 1.22. The lowest BCUT2D eigenvalue weighted by Crippen LogP contribution is -2.32. The minimum absolute atomic E-state index is 0.650. The standard InChI is InChI=1S/C8H11N5/c1-13-3-2-10-7-6(4-9)11-5-12-8(7)13/h4-5,9-10H,2-3H2,1H3. The van der Waals surface area contributed by atoms with Crippen LogP contribution in [0.3, 0.4) is 0 Å². The normalized spacial score (nSPS) is 14.7.